The quantitative estimate of drug-likeness (QED) is 0.733. The molecule has 1 amide bonds. The van der Waals surface area contributed by atoms with Crippen molar-refractivity contribution in [2.45, 2.75) is 25.3 Å². The second-order valence-electron chi connectivity index (χ2n) is 5.44. The molecular formula is C19H20BrNO3. The highest BCUT2D eigenvalue weighted by Gasteiger charge is 2.21. The molecule has 2 aromatic carbocycles. The van der Waals surface area contributed by atoms with Crippen LogP contribution in [0.25, 0.3) is 0 Å². The van der Waals surface area contributed by atoms with E-state index < -0.39 is 12.0 Å². The maximum absolute atomic E-state index is 12.3. The van der Waals surface area contributed by atoms with Crippen LogP contribution in [-0.2, 0) is 16.0 Å². The van der Waals surface area contributed by atoms with Crippen LogP contribution < -0.4 is 5.32 Å². The highest BCUT2D eigenvalue weighted by Crippen LogP contribution is 2.13. The molecule has 0 radical (unpaired) electrons. The van der Waals surface area contributed by atoms with Gasteiger partial charge in [-0.3, -0.25) is 4.79 Å². The van der Waals surface area contributed by atoms with E-state index in [2.05, 4.69) is 21.2 Å². The standard InChI is InChI=1S/C19H20BrNO3/c1-24-19(23)17(12-5-9-14-7-3-2-4-8-14)21-18(22)15-10-6-11-16(20)13-15/h2-4,6-8,10-11,13,17H,5,9,12H2,1H3,(H,21,22)/t17-/m0/s1. The van der Waals surface area contributed by atoms with Gasteiger partial charge in [-0.05, 0) is 43.0 Å². The van der Waals surface area contributed by atoms with Gasteiger partial charge < -0.3 is 10.1 Å². The largest absolute Gasteiger partial charge is 0.467 e. The molecule has 4 nitrogen and oxygen atoms in total. The molecule has 0 aliphatic heterocycles. The molecule has 0 bridgehead atoms. The number of halogens is 1. The first-order valence-corrected chi connectivity index (χ1v) is 8.57. The molecule has 0 saturated carbocycles. The lowest BCUT2D eigenvalue weighted by molar-refractivity contribution is -0.143. The summed E-state index contributed by atoms with van der Waals surface area (Å²) in [6.07, 6.45) is 2.16. The Bertz CT molecular complexity index is 688. The van der Waals surface area contributed by atoms with Crippen LogP contribution in [0.3, 0.4) is 0 Å². The first kappa shape index (κ1) is 18.2. The average Bonchev–Trinajstić information content (AvgIpc) is 2.61. The summed E-state index contributed by atoms with van der Waals surface area (Å²) >= 11 is 3.34. The lowest BCUT2D eigenvalue weighted by Gasteiger charge is -2.16. The fourth-order valence-electron chi connectivity index (χ4n) is 2.42. The minimum Gasteiger partial charge on any atom is -0.467 e. The number of ether oxygens (including phenoxy) is 1. The van der Waals surface area contributed by atoms with Gasteiger partial charge in [0, 0.05) is 10.0 Å². The number of carbonyl (C=O) groups excluding carboxylic acids is 2. The minimum absolute atomic E-state index is 0.286. The number of aryl methyl sites for hydroxylation is 1. The van der Waals surface area contributed by atoms with E-state index in [0.29, 0.717) is 12.0 Å². The summed E-state index contributed by atoms with van der Waals surface area (Å²) < 4.78 is 5.63. The number of carbonyl (C=O) groups is 2. The summed E-state index contributed by atoms with van der Waals surface area (Å²) in [6, 6.07) is 16.4. The Labute approximate surface area is 150 Å². The summed E-state index contributed by atoms with van der Waals surface area (Å²) in [4.78, 5) is 24.3. The van der Waals surface area contributed by atoms with Crippen molar-refractivity contribution in [2.75, 3.05) is 7.11 Å². The van der Waals surface area contributed by atoms with Gasteiger partial charge in [0.1, 0.15) is 6.04 Å². The van der Waals surface area contributed by atoms with Crippen LogP contribution in [0.1, 0.15) is 28.8 Å². The summed E-state index contributed by atoms with van der Waals surface area (Å²) in [6.45, 7) is 0. The molecule has 0 fully saturated rings. The van der Waals surface area contributed by atoms with Gasteiger partial charge >= 0.3 is 5.97 Å². The molecule has 0 saturated heterocycles. The van der Waals surface area contributed by atoms with E-state index in [1.54, 1.807) is 18.2 Å². The lowest BCUT2D eigenvalue weighted by atomic mass is 10.0. The Balaban J connectivity index is 1.95. The maximum atomic E-state index is 12.3. The number of amides is 1. The fourth-order valence-corrected chi connectivity index (χ4v) is 2.82. The normalized spacial score (nSPS) is 11.6. The van der Waals surface area contributed by atoms with Gasteiger partial charge in [-0.15, -0.1) is 0 Å². The molecule has 0 aliphatic rings. The third-order valence-electron chi connectivity index (χ3n) is 3.68. The zero-order chi connectivity index (χ0) is 17.4. The topological polar surface area (TPSA) is 55.4 Å². The summed E-state index contributed by atoms with van der Waals surface area (Å²) in [7, 11) is 1.33. The molecule has 1 N–H and O–H groups in total. The number of methoxy groups -OCH3 is 1. The first-order valence-electron chi connectivity index (χ1n) is 7.78. The molecule has 126 valence electrons. The van der Waals surface area contributed by atoms with E-state index >= 15 is 0 Å². The SMILES string of the molecule is COC(=O)[C@H](CCCc1ccccc1)NC(=O)c1cccc(Br)c1. The Hall–Kier alpha value is -2.14. The van der Waals surface area contributed by atoms with E-state index in [0.717, 1.165) is 17.3 Å². The van der Waals surface area contributed by atoms with Crippen molar-refractivity contribution in [1.29, 1.82) is 0 Å². The molecule has 1 atom stereocenters. The molecule has 0 aromatic heterocycles. The van der Waals surface area contributed by atoms with Gasteiger partial charge in [-0.1, -0.05) is 52.3 Å². The van der Waals surface area contributed by atoms with Crippen molar-refractivity contribution in [3.05, 3.63) is 70.2 Å². The van der Waals surface area contributed by atoms with Gasteiger partial charge in [0.2, 0.25) is 0 Å². The van der Waals surface area contributed by atoms with Crippen molar-refractivity contribution < 1.29 is 14.3 Å². The predicted octanol–water partition coefficient (Wildman–Crippen LogP) is 3.74. The van der Waals surface area contributed by atoms with Gasteiger partial charge in [0.25, 0.3) is 5.91 Å². The molecule has 24 heavy (non-hydrogen) atoms. The second kappa shape index (κ2) is 9.23. The van der Waals surface area contributed by atoms with Crippen molar-refractivity contribution >= 4 is 27.8 Å². The number of hydrogen-bond acceptors (Lipinski definition) is 3. The highest BCUT2D eigenvalue weighted by molar-refractivity contribution is 9.10. The number of esters is 1. The molecule has 2 rings (SSSR count). The number of nitrogens with one attached hydrogen (secondary N) is 1. The van der Waals surface area contributed by atoms with Gasteiger partial charge in [0.15, 0.2) is 0 Å². The van der Waals surface area contributed by atoms with Gasteiger partial charge in [-0.2, -0.15) is 0 Å². The predicted molar refractivity (Wildman–Crippen MR) is 96.8 cm³/mol. The van der Waals surface area contributed by atoms with Crippen LogP contribution >= 0.6 is 15.9 Å². The second-order valence-corrected chi connectivity index (χ2v) is 6.35. The molecule has 0 heterocycles. The van der Waals surface area contributed by atoms with Gasteiger partial charge in [-0.25, -0.2) is 4.79 Å². The van der Waals surface area contributed by atoms with Crippen LogP contribution in [-0.4, -0.2) is 25.0 Å². The molecule has 2 aromatic rings. The highest BCUT2D eigenvalue weighted by atomic mass is 79.9. The maximum Gasteiger partial charge on any atom is 0.328 e. The zero-order valence-electron chi connectivity index (χ0n) is 13.5. The van der Waals surface area contributed by atoms with E-state index in [4.69, 9.17) is 4.74 Å². The number of rotatable bonds is 7. The van der Waals surface area contributed by atoms with Crippen LogP contribution in [0.4, 0.5) is 0 Å². The van der Waals surface area contributed by atoms with Crippen molar-refractivity contribution in [2.24, 2.45) is 0 Å². The van der Waals surface area contributed by atoms with Gasteiger partial charge in [0.05, 0.1) is 7.11 Å². The number of benzene rings is 2. The van der Waals surface area contributed by atoms with E-state index in [1.165, 1.54) is 12.7 Å². The van der Waals surface area contributed by atoms with Crippen LogP contribution in [0.2, 0.25) is 0 Å². The summed E-state index contributed by atoms with van der Waals surface area (Å²) in [5.41, 5.74) is 1.71. The van der Waals surface area contributed by atoms with Crippen LogP contribution in [0.15, 0.2) is 59.1 Å². The Morgan fingerprint density at radius 2 is 1.88 bits per heavy atom. The van der Waals surface area contributed by atoms with E-state index in [9.17, 15) is 9.59 Å². The average molecular weight is 390 g/mol. The molecule has 0 aliphatic carbocycles. The molecular weight excluding hydrogens is 370 g/mol. The first-order chi connectivity index (χ1) is 11.6. The Kier molecular flexibility index (Phi) is 7.00. The summed E-state index contributed by atoms with van der Waals surface area (Å²) in [5.74, 6) is -0.710. The number of hydrogen-bond donors (Lipinski definition) is 1. The third-order valence-corrected chi connectivity index (χ3v) is 4.17. The fraction of sp³-hybridized carbons (Fsp3) is 0.263. The zero-order valence-corrected chi connectivity index (χ0v) is 15.1. The van der Waals surface area contributed by atoms with E-state index in [1.807, 2.05) is 36.4 Å². The van der Waals surface area contributed by atoms with Crippen LogP contribution in [0.5, 0.6) is 0 Å². The smallest absolute Gasteiger partial charge is 0.328 e. The van der Waals surface area contributed by atoms with Crippen molar-refractivity contribution in [1.82, 2.24) is 5.32 Å². The lowest BCUT2D eigenvalue weighted by Crippen LogP contribution is -2.41. The van der Waals surface area contributed by atoms with Crippen molar-refractivity contribution in [3.8, 4) is 0 Å². The Morgan fingerprint density at radius 1 is 1.12 bits per heavy atom. The monoisotopic (exact) mass is 389 g/mol. The third kappa shape index (κ3) is 5.49. The van der Waals surface area contributed by atoms with E-state index in [-0.39, 0.29) is 5.91 Å². The van der Waals surface area contributed by atoms with Crippen molar-refractivity contribution in [3.63, 3.8) is 0 Å². The Morgan fingerprint density at radius 3 is 2.54 bits per heavy atom. The molecule has 5 heteroatoms. The summed E-state index contributed by atoms with van der Waals surface area (Å²) in [5, 5.41) is 2.76. The molecule has 0 unspecified atom stereocenters. The van der Waals surface area contributed by atoms with Crippen LogP contribution in [0, 0.1) is 0 Å². The molecule has 0 spiro atoms. The minimum atomic E-state index is -0.648.